The highest BCUT2D eigenvalue weighted by atomic mass is 32.2. The Bertz CT molecular complexity index is 453. The molecule has 0 aliphatic carbocycles. The second-order valence-electron chi connectivity index (χ2n) is 3.79. The molecule has 0 unspecified atom stereocenters. The molecule has 6 nitrogen and oxygen atoms in total. The summed E-state index contributed by atoms with van der Waals surface area (Å²) in [5.74, 6) is 0.672. The molecule has 3 amide bonds. The van der Waals surface area contributed by atoms with Crippen molar-refractivity contribution in [2.24, 2.45) is 0 Å². The molecule has 1 atom stereocenters. The minimum absolute atomic E-state index is 0.334. The van der Waals surface area contributed by atoms with Gasteiger partial charge < -0.3 is 5.32 Å². The number of nitrogens with zero attached hydrogens (tertiary/aromatic N) is 2. The van der Waals surface area contributed by atoms with Crippen molar-refractivity contribution in [1.29, 1.82) is 0 Å². The summed E-state index contributed by atoms with van der Waals surface area (Å²) in [4.78, 5) is 23.0. The molecule has 0 saturated heterocycles. The zero-order valence-electron chi connectivity index (χ0n) is 11.6. The minimum atomic E-state index is -0.471. The van der Waals surface area contributed by atoms with Crippen molar-refractivity contribution in [3.8, 4) is 0 Å². The average molecular weight is 334 g/mol. The molecular formula is C11H18N4O2S3. The Balaban J connectivity index is 2.44. The maximum Gasteiger partial charge on any atom is 0.321 e. The summed E-state index contributed by atoms with van der Waals surface area (Å²) in [6.07, 6.45) is 1.08. The number of hydrogen-bond donors (Lipinski definition) is 2. The number of urea groups is 1. The van der Waals surface area contributed by atoms with Gasteiger partial charge in [-0.25, -0.2) is 4.79 Å². The number of carbonyl (C=O) groups is 2. The van der Waals surface area contributed by atoms with Gasteiger partial charge in [-0.3, -0.25) is 10.1 Å². The number of hydrogen-bond acceptors (Lipinski definition) is 7. The summed E-state index contributed by atoms with van der Waals surface area (Å²) in [7, 11) is 0. The van der Waals surface area contributed by atoms with Gasteiger partial charge in [0.1, 0.15) is 0 Å². The Morgan fingerprint density at radius 2 is 2.00 bits per heavy atom. The summed E-state index contributed by atoms with van der Waals surface area (Å²) < 4.78 is 1.65. The molecule has 0 bridgehead atoms. The number of imide groups is 1. The van der Waals surface area contributed by atoms with E-state index >= 15 is 0 Å². The van der Waals surface area contributed by atoms with Gasteiger partial charge in [0.15, 0.2) is 8.68 Å². The fourth-order valence-corrected chi connectivity index (χ4v) is 4.20. The lowest BCUT2D eigenvalue weighted by Crippen LogP contribution is -2.42. The summed E-state index contributed by atoms with van der Waals surface area (Å²) >= 11 is 4.44. The van der Waals surface area contributed by atoms with Crippen molar-refractivity contribution < 1.29 is 9.59 Å². The molecule has 0 aromatic carbocycles. The number of thioether (sulfide) groups is 2. The van der Waals surface area contributed by atoms with Gasteiger partial charge >= 0.3 is 6.03 Å². The van der Waals surface area contributed by atoms with E-state index in [2.05, 4.69) is 27.8 Å². The Labute approximate surface area is 130 Å². The quantitative estimate of drug-likeness (QED) is 0.745. The molecule has 1 aromatic heterocycles. The fraction of sp³-hybridized carbons (Fsp3) is 0.636. The zero-order valence-corrected chi connectivity index (χ0v) is 14.1. The third-order valence-electron chi connectivity index (χ3n) is 2.04. The molecule has 0 saturated carbocycles. The van der Waals surface area contributed by atoms with Gasteiger partial charge in [-0.05, 0) is 20.3 Å². The average Bonchev–Trinajstić information content (AvgIpc) is 2.84. The van der Waals surface area contributed by atoms with Crippen LogP contribution in [0.15, 0.2) is 8.68 Å². The summed E-state index contributed by atoms with van der Waals surface area (Å²) in [5, 5.41) is 12.5. The summed E-state index contributed by atoms with van der Waals surface area (Å²) in [6.45, 7) is 6.12. The number of aromatic nitrogens is 2. The van der Waals surface area contributed by atoms with E-state index < -0.39 is 11.3 Å². The second-order valence-corrected chi connectivity index (χ2v) is 7.70. The van der Waals surface area contributed by atoms with Crippen LogP contribution < -0.4 is 10.6 Å². The standard InChI is InChI=1S/C11H18N4O2S3/c1-4-6-18-10-14-15-11(20-10)19-7(3)8(16)13-9(17)12-5-2/h7H,4-6H2,1-3H3,(H2,12,13,16,17)/t7-/m0/s1. The maximum absolute atomic E-state index is 11.8. The van der Waals surface area contributed by atoms with Gasteiger partial charge in [0, 0.05) is 12.3 Å². The lowest BCUT2D eigenvalue weighted by atomic mass is 10.4. The van der Waals surface area contributed by atoms with E-state index in [1.54, 1.807) is 25.6 Å². The Kier molecular flexibility index (Phi) is 7.93. The van der Waals surface area contributed by atoms with Crippen LogP contribution in [0.1, 0.15) is 27.2 Å². The van der Waals surface area contributed by atoms with E-state index in [0.717, 1.165) is 20.9 Å². The van der Waals surface area contributed by atoms with E-state index in [4.69, 9.17) is 0 Å². The second kappa shape index (κ2) is 9.19. The van der Waals surface area contributed by atoms with Gasteiger partial charge in [-0.15, -0.1) is 10.2 Å². The monoisotopic (exact) mass is 334 g/mol. The molecule has 2 N–H and O–H groups in total. The Morgan fingerprint density at radius 1 is 1.30 bits per heavy atom. The number of rotatable bonds is 7. The van der Waals surface area contributed by atoms with Crippen LogP contribution in [0.3, 0.4) is 0 Å². The first kappa shape index (κ1) is 17.3. The van der Waals surface area contributed by atoms with Crippen molar-refractivity contribution in [3.05, 3.63) is 0 Å². The summed E-state index contributed by atoms with van der Waals surface area (Å²) in [5.41, 5.74) is 0. The van der Waals surface area contributed by atoms with Gasteiger partial charge in [-0.1, -0.05) is 41.8 Å². The normalized spacial score (nSPS) is 11.9. The van der Waals surface area contributed by atoms with Crippen molar-refractivity contribution in [2.45, 2.75) is 41.1 Å². The van der Waals surface area contributed by atoms with Gasteiger partial charge in [0.05, 0.1) is 5.25 Å². The smallest absolute Gasteiger partial charge is 0.321 e. The SMILES string of the molecule is CCCSc1nnc(S[C@@H](C)C(=O)NC(=O)NCC)s1. The topological polar surface area (TPSA) is 84.0 Å². The van der Waals surface area contributed by atoms with Crippen LogP contribution in [0.2, 0.25) is 0 Å². The first-order valence-corrected chi connectivity index (χ1v) is 8.96. The van der Waals surface area contributed by atoms with Crippen molar-refractivity contribution in [2.75, 3.05) is 12.3 Å². The third kappa shape index (κ3) is 6.10. The number of amides is 3. The maximum atomic E-state index is 11.8. The number of nitrogens with one attached hydrogen (secondary N) is 2. The molecular weight excluding hydrogens is 316 g/mol. The highest BCUT2D eigenvalue weighted by molar-refractivity contribution is 8.03. The molecule has 1 rings (SSSR count). The molecule has 9 heteroatoms. The van der Waals surface area contributed by atoms with Gasteiger partial charge in [0.25, 0.3) is 0 Å². The molecule has 112 valence electrons. The van der Waals surface area contributed by atoms with Gasteiger partial charge in [0.2, 0.25) is 5.91 Å². The lowest BCUT2D eigenvalue weighted by Gasteiger charge is -2.09. The highest BCUT2D eigenvalue weighted by Gasteiger charge is 2.19. The zero-order chi connectivity index (χ0) is 15.0. The Hall–Kier alpha value is -0.800. The van der Waals surface area contributed by atoms with E-state index in [0.29, 0.717) is 6.54 Å². The van der Waals surface area contributed by atoms with Crippen LogP contribution in [-0.2, 0) is 4.79 Å². The van der Waals surface area contributed by atoms with Crippen LogP contribution in [0.5, 0.6) is 0 Å². The molecule has 1 heterocycles. The molecule has 1 aromatic rings. The Morgan fingerprint density at radius 3 is 2.65 bits per heavy atom. The van der Waals surface area contributed by atoms with Crippen LogP contribution in [0.25, 0.3) is 0 Å². The van der Waals surface area contributed by atoms with Crippen LogP contribution >= 0.6 is 34.9 Å². The van der Waals surface area contributed by atoms with Crippen molar-refractivity contribution in [1.82, 2.24) is 20.8 Å². The van der Waals surface area contributed by atoms with E-state index in [1.165, 1.54) is 23.1 Å². The molecule has 0 fully saturated rings. The fourth-order valence-electron chi connectivity index (χ4n) is 1.12. The third-order valence-corrected chi connectivity index (χ3v) is 5.49. The molecule has 0 aliphatic heterocycles. The molecule has 0 spiro atoms. The molecule has 20 heavy (non-hydrogen) atoms. The van der Waals surface area contributed by atoms with Crippen LogP contribution in [-0.4, -0.2) is 39.7 Å². The number of carbonyl (C=O) groups excluding carboxylic acids is 2. The van der Waals surface area contributed by atoms with Crippen molar-refractivity contribution in [3.63, 3.8) is 0 Å². The van der Waals surface area contributed by atoms with Gasteiger partial charge in [-0.2, -0.15) is 0 Å². The molecule has 0 radical (unpaired) electrons. The van der Waals surface area contributed by atoms with E-state index in [9.17, 15) is 9.59 Å². The predicted molar refractivity (Wildman–Crippen MR) is 83.5 cm³/mol. The predicted octanol–water partition coefficient (Wildman–Crippen LogP) is 2.37. The molecule has 0 aliphatic rings. The highest BCUT2D eigenvalue weighted by Crippen LogP contribution is 2.31. The first-order valence-electron chi connectivity index (χ1n) is 6.28. The van der Waals surface area contributed by atoms with E-state index in [1.807, 2.05) is 0 Å². The lowest BCUT2D eigenvalue weighted by molar-refractivity contribution is -0.119. The van der Waals surface area contributed by atoms with Crippen LogP contribution in [0, 0.1) is 0 Å². The first-order chi connectivity index (χ1) is 9.56. The minimum Gasteiger partial charge on any atom is -0.338 e. The summed E-state index contributed by atoms with van der Waals surface area (Å²) in [6, 6.07) is -0.471. The van der Waals surface area contributed by atoms with E-state index in [-0.39, 0.29) is 5.91 Å². The van der Waals surface area contributed by atoms with Crippen LogP contribution in [0.4, 0.5) is 4.79 Å². The van der Waals surface area contributed by atoms with Crippen molar-refractivity contribution >= 4 is 46.8 Å². The largest absolute Gasteiger partial charge is 0.338 e.